The second kappa shape index (κ2) is 10.4. The maximum Gasteiger partial charge on any atom is 0.246 e. The van der Waals surface area contributed by atoms with Crippen LogP contribution < -0.4 is 4.74 Å². The van der Waals surface area contributed by atoms with Crippen LogP contribution in [0.5, 0.6) is 5.75 Å². The van der Waals surface area contributed by atoms with Crippen LogP contribution >= 0.6 is 0 Å². The van der Waals surface area contributed by atoms with E-state index in [0.29, 0.717) is 18.8 Å². The molecule has 1 fully saturated rings. The number of allylic oxidation sites excluding steroid dienone is 1. The summed E-state index contributed by atoms with van der Waals surface area (Å²) < 4.78 is 11.2. The number of benzene rings is 3. The third-order valence-corrected chi connectivity index (χ3v) is 7.08. The molecule has 4 aromatic rings. The summed E-state index contributed by atoms with van der Waals surface area (Å²) >= 11 is 0. The maximum atomic E-state index is 13.3. The van der Waals surface area contributed by atoms with E-state index in [-0.39, 0.29) is 11.9 Å². The Morgan fingerprint density at radius 3 is 2.14 bits per heavy atom. The summed E-state index contributed by atoms with van der Waals surface area (Å²) in [7, 11) is 1.64. The summed E-state index contributed by atoms with van der Waals surface area (Å²) in [5.74, 6) is 0.742. The lowest BCUT2D eigenvalue weighted by Gasteiger charge is -2.39. The topological polar surface area (TPSA) is 45.9 Å². The van der Waals surface area contributed by atoms with Gasteiger partial charge in [0.15, 0.2) is 0 Å². The van der Waals surface area contributed by atoms with Gasteiger partial charge in [0.25, 0.3) is 0 Å². The van der Waals surface area contributed by atoms with Crippen molar-refractivity contribution in [2.24, 2.45) is 0 Å². The van der Waals surface area contributed by atoms with Crippen LogP contribution in [-0.4, -0.2) is 49.0 Å². The molecule has 0 radical (unpaired) electrons. The fourth-order valence-electron chi connectivity index (χ4n) is 5.10. The van der Waals surface area contributed by atoms with Gasteiger partial charge in [0.2, 0.25) is 5.91 Å². The van der Waals surface area contributed by atoms with Crippen LogP contribution in [0.1, 0.15) is 35.2 Å². The number of rotatable bonds is 6. The molecule has 1 aliphatic rings. The maximum absolute atomic E-state index is 13.3. The van der Waals surface area contributed by atoms with E-state index in [0.717, 1.165) is 40.8 Å². The quantitative estimate of drug-likeness (QED) is 0.314. The fourth-order valence-corrected chi connectivity index (χ4v) is 5.10. The van der Waals surface area contributed by atoms with Gasteiger partial charge in [-0.2, -0.15) is 0 Å². The second-order valence-electron chi connectivity index (χ2n) is 9.38. The third-order valence-electron chi connectivity index (χ3n) is 7.08. The molecule has 0 unspecified atom stereocenters. The smallest absolute Gasteiger partial charge is 0.246 e. The van der Waals surface area contributed by atoms with E-state index in [9.17, 15) is 4.79 Å². The van der Waals surface area contributed by atoms with Crippen molar-refractivity contribution in [2.75, 3.05) is 33.3 Å². The lowest BCUT2D eigenvalue weighted by Crippen LogP contribution is -2.49. The molecule has 1 aliphatic heterocycles. The molecule has 5 rings (SSSR count). The molecule has 0 spiro atoms. The van der Waals surface area contributed by atoms with E-state index < -0.39 is 0 Å². The van der Waals surface area contributed by atoms with Crippen LogP contribution in [0.2, 0.25) is 0 Å². The summed E-state index contributed by atoms with van der Waals surface area (Å²) in [6.07, 6.45) is 3.48. The highest BCUT2D eigenvalue weighted by molar-refractivity contribution is 5.97. The molecule has 0 atom stereocenters. The number of nitrogens with zero attached hydrogens (tertiary/aromatic N) is 2. The first-order chi connectivity index (χ1) is 17.5. The molecule has 36 heavy (non-hydrogen) atoms. The monoisotopic (exact) mass is 480 g/mol. The number of piperazine rings is 1. The molecule has 5 heteroatoms. The van der Waals surface area contributed by atoms with Crippen molar-refractivity contribution in [3.05, 3.63) is 107 Å². The highest BCUT2D eigenvalue weighted by Gasteiger charge is 2.27. The van der Waals surface area contributed by atoms with Crippen molar-refractivity contribution in [2.45, 2.75) is 19.9 Å². The number of carbonyl (C=O) groups excluding carboxylic acids is 1. The lowest BCUT2D eigenvalue weighted by molar-refractivity contribution is -0.127. The van der Waals surface area contributed by atoms with Crippen molar-refractivity contribution in [3.63, 3.8) is 0 Å². The van der Waals surface area contributed by atoms with E-state index in [2.05, 4.69) is 65.6 Å². The Balaban J connectivity index is 1.33. The van der Waals surface area contributed by atoms with Crippen molar-refractivity contribution in [3.8, 4) is 5.75 Å². The summed E-state index contributed by atoms with van der Waals surface area (Å²) in [6, 6.07) is 25.3. The SMILES string of the molecule is COc1cc2occ(C)c2cc1/C(C)=C/C(=O)N1CCN(C(c2ccccc2)c2ccccc2)CC1. The van der Waals surface area contributed by atoms with Gasteiger partial charge in [-0.15, -0.1) is 0 Å². The van der Waals surface area contributed by atoms with Crippen LogP contribution in [0, 0.1) is 6.92 Å². The van der Waals surface area contributed by atoms with Gasteiger partial charge in [-0.05, 0) is 42.2 Å². The van der Waals surface area contributed by atoms with Crippen molar-refractivity contribution >= 4 is 22.4 Å². The number of hydrogen-bond donors (Lipinski definition) is 0. The molecular formula is C31H32N2O3. The fraction of sp³-hybridized carbons (Fsp3) is 0.258. The second-order valence-corrected chi connectivity index (χ2v) is 9.38. The van der Waals surface area contributed by atoms with Crippen LogP contribution in [0.15, 0.2) is 89.6 Å². The number of methoxy groups -OCH3 is 1. The molecule has 1 aromatic heterocycles. The van der Waals surface area contributed by atoms with Gasteiger partial charge in [0, 0.05) is 49.3 Å². The molecule has 184 valence electrons. The summed E-state index contributed by atoms with van der Waals surface area (Å²) in [6.45, 7) is 7.00. The molecule has 0 bridgehead atoms. The Morgan fingerprint density at radius 1 is 0.944 bits per heavy atom. The van der Waals surface area contributed by atoms with Gasteiger partial charge in [-0.25, -0.2) is 0 Å². The van der Waals surface area contributed by atoms with Gasteiger partial charge in [-0.1, -0.05) is 60.7 Å². The van der Waals surface area contributed by atoms with Crippen LogP contribution in [0.4, 0.5) is 0 Å². The van der Waals surface area contributed by atoms with Gasteiger partial charge in [0.05, 0.1) is 19.4 Å². The van der Waals surface area contributed by atoms with Crippen molar-refractivity contribution in [1.29, 1.82) is 0 Å². The number of furan rings is 1. The standard InChI is InChI=1S/C31H32N2O3/c1-22(26-19-27-23(2)21-36-29(27)20-28(26)35-3)18-30(34)32-14-16-33(17-15-32)31(24-10-6-4-7-11-24)25-12-8-5-9-13-25/h4-13,18-21,31H,14-17H2,1-3H3/b22-18+. The van der Waals surface area contributed by atoms with E-state index in [4.69, 9.17) is 9.15 Å². The third kappa shape index (κ3) is 4.79. The number of hydrogen-bond acceptors (Lipinski definition) is 4. The highest BCUT2D eigenvalue weighted by atomic mass is 16.5. The minimum absolute atomic E-state index is 0.0363. The van der Waals surface area contributed by atoms with Crippen LogP contribution in [0.3, 0.4) is 0 Å². The summed E-state index contributed by atoms with van der Waals surface area (Å²) in [4.78, 5) is 17.7. The predicted molar refractivity (Wildman–Crippen MR) is 144 cm³/mol. The van der Waals surface area contributed by atoms with Crippen LogP contribution in [-0.2, 0) is 4.79 Å². The minimum atomic E-state index is 0.0363. The van der Waals surface area contributed by atoms with E-state index >= 15 is 0 Å². The molecule has 0 saturated carbocycles. The van der Waals surface area contributed by atoms with E-state index in [1.807, 2.05) is 30.9 Å². The zero-order chi connectivity index (χ0) is 25.1. The largest absolute Gasteiger partial charge is 0.496 e. The molecule has 3 aromatic carbocycles. The van der Waals surface area contributed by atoms with Gasteiger partial charge in [-0.3, -0.25) is 9.69 Å². The summed E-state index contributed by atoms with van der Waals surface area (Å²) in [5.41, 5.74) is 6.20. The molecular weight excluding hydrogens is 448 g/mol. The Labute approximate surface area is 212 Å². The van der Waals surface area contributed by atoms with Gasteiger partial charge >= 0.3 is 0 Å². The Hall–Kier alpha value is -3.83. The molecule has 1 saturated heterocycles. The Morgan fingerprint density at radius 2 is 1.56 bits per heavy atom. The van der Waals surface area contributed by atoms with Gasteiger partial charge in [0.1, 0.15) is 11.3 Å². The zero-order valence-electron chi connectivity index (χ0n) is 21.1. The average molecular weight is 481 g/mol. The molecule has 1 amide bonds. The normalized spacial score (nSPS) is 15.0. The van der Waals surface area contributed by atoms with E-state index in [1.54, 1.807) is 19.4 Å². The molecule has 5 nitrogen and oxygen atoms in total. The molecule has 2 heterocycles. The first-order valence-corrected chi connectivity index (χ1v) is 12.4. The zero-order valence-corrected chi connectivity index (χ0v) is 21.1. The average Bonchev–Trinajstić information content (AvgIpc) is 3.29. The van der Waals surface area contributed by atoms with E-state index in [1.165, 1.54) is 11.1 Å². The Kier molecular flexibility index (Phi) is 6.92. The first kappa shape index (κ1) is 23.9. The van der Waals surface area contributed by atoms with Gasteiger partial charge < -0.3 is 14.1 Å². The summed E-state index contributed by atoms with van der Waals surface area (Å²) in [5, 5.41) is 1.03. The molecule has 0 aliphatic carbocycles. The number of aryl methyl sites for hydroxylation is 1. The first-order valence-electron chi connectivity index (χ1n) is 12.4. The highest BCUT2D eigenvalue weighted by Crippen LogP contribution is 2.34. The number of fused-ring (bicyclic) bond motifs is 1. The number of amides is 1. The van der Waals surface area contributed by atoms with Crippen molar-refractivity contribution in [1.82, 2.24) is 9.80 Å². The lowest BCUT2D eigenvalue weighted by atomic mass is 9.96. The number of ether oxygens (including phenoxy) is 1. The van der Waals surface area contributed by atoms with Crippen LogP contribution in [0.25, 0.3) is 16.5 Å². The number of carbonyl (C=O) groups is 1. The predicted octanol–water partition coefficient (Wildman–Crippen LogP) is 6.09. The Bertz CT molecular complexity index is 1330. The molecule has 0 N–H and O–H groups in total. The van der Waals surface area contributed by atoms with Crippen molar-refractivity contribution < 1.29 is 13.9 Å². The minimum Gasteiger partial charge on any atom is -0.496 e.